The van der Waals surface area contributed by atoms with E-state index in [9.17, 15) is 10.1 Å². The number of amides is 1. The Balaban J connectivity index is 1.46. The minimum atomic E-state index is -0.00108. The normalized spacial score (nSPS) is 13.8. The maximum absolute atomic E-state index is 11.4. The highest BCUT2D eigenvalue weighted by Crippen LogP contribution is 2.27. The molecular weight excluding hydrogens is 430 g/mol. The first-order valence-corrected chi connectivity index (χ1v) is 11.3. The number of nitriles is 1. The Kier molecular flexibility index (Phi) is 7.45. The molecule has 0 radical (unpaired) electrons. The van der Waals surface area contributed by atoms with Crippen LogP contribution in [0.25, 0.3) is 11.3 Å². The topological polar surface area (TPSA) is 101 Å². The van der Waals surface area contributed by atoms with Crippen LogP contribution < -0.4 is 4.74 Å². The predicted molar refractivity (Wildman–Crippen MR) is 126 cm³/mol. The first kappa shape index (κ1) is 23.3. The number of hydrogen-bond donors (Lipinski definition) is 0. The fourth-order valence-corrected chi connectivity index (χ4v) is 3.69. The van der Waals surface area contributed by atoms with E-state index in [4.69, 9.17) is 14.5 Å². The molecule has 2 aromatic heterocycles. The van der Waals surface area contributed by atoms with Gasteiger partial charge in [0.25, 0.3) is 0 Å². The standard InChI is InChI=1S/C26H27N5O3/c1-18(32)31(2)17-22-5-3-19(16-29-22)13-26-28-10-7-24(30-26)20-4-6-25(21(14-20)15-27)34-23-8-11-33-12-9-23/h3-7,10,14,16,23H,8-9,11-13,17H2,1-2H3. The molecule has 1 aromatic carbocycles. The van der Waals surface area contributed by atoms with Gasteiger partial charge in [0.1, 0.15) is 23.7 Å². The molecule has 174 valence electrons. The molecule has 1 fully saturated rings. The van der Waals surface area contributed by atoms with Gasteiger partial charge in [-0.15, -0.1) is 0 Å². The molecule has 0 N–H and O–H groups in total. The maximum Gasteiger partial charge on any atom is 0.219 e. The molecule has 3 heterocycles. The summed E-state index contributed by atoms with van der Waals surface area (Å²) in [6, 6.07) is 13.5. The van der Waals surface area contributed by atoms with E-state index in [-0.39, 0.29) is 12.0 Å². The van der Waals surface area contributed by atoms with Gasteiger partial charge in [0.15, 0.2) is 0 Å². The van der Waals surface area contributed by atoms with E-state index in [2.05, 4.69) is 16.0 Å². The molecule has 1 aliphatic heterocycles. The Morgan fingerprint density at radius 3 is 2.74 bits per heavy atom. The van der Waals surface area contributed by atoms with E-state index in [1.807, 2.05) is 36.4 Å². The monoisotopic (exact) mass is 457 g/mol. The first-order valence-electron chi connectivity index (χ1n) is 11.3. The lowest BCUT2D eigenvalue weighted by Gasteiger charge is -2.23. The summed E-state index contributed by atoms with van der Waals surface area (Å²) in [5.41, 5.74) is 3.86. The number of nitrogens with zero attached hydrogens (tertiary/aromatic N) is 5. The Bertz CT molecular complexity index is 1180. The van der Waals surface area contributed by atoms with Gasteiger partial charge in [0.05, 0.1) is 36.7 Å². The van der Waals surface area contributed by atoms with Gasteiger partial charge in [-0.1, -0.05) is 6.07 Å². The lowest BCUT2D eigenvalue weighted by atomic mass is 10.1. The van der Waals surface area contributed by atoms with Crippen LogP contribution in [0, 0.1) is 11.3 Å². The van der Waals surface area contributed by atoms with Gasteiger partial charge in [-0.2, -0.15) is 5.26 Å². The fourth-order valence-electron chi connectivity index (χ4n) is 3.69. The maximum atomic E-state index is 11.4. The molecule has 0 bridgehead atoms. The van der Waals surface area contributed by atoms with Crippen LogP contribution >= 0.6 is 0 Å². The summed E-state index contributed by atoms with van der Waals surface area (Å²) >= 11 is 0. The van der Waals surface area contributed by atoms with Crippen molar-refractivity contribution in [2.75, 3.05) is 20.3 Å². The number of ether oxygens (including phenoxy) is 2. The molecule has 0 aliphatic carbocycles. The van der Waals surface area contributed by atoms with Gasteiger partial charge in [-0.3, -0.25) is 9.78 Å². The van der Waals surface area contributed by atoms with E-state index in [0.717, 1.165) is 35.4 Å². The molecule has 0 unspecified atom stereocenters. The van der Waals surface area contributed by atoms with Crippen molar-refractivity contribution >= 4 is 5.91 Å². The lowest BCUT2D eigenvalue weighted by molar-refractivity contribution is -0.128. The molecule has 8 heteroatoms. The van der Waals surface area contributed by atoms with E-state index < -0.39 is 0 Å². The van der Waals surface area contributed by atoms with E-state index >= 15 is 0 Å². The third-order valence-corrected chi connectivity index (χ3v) is 5.75. The molecule has 0 saturated carbocycles. The summed E-state index contributed by atoms with van der Waals surface area (Å²) in [6.45, 7) is 3.37. The van der Waals surface area contributed by atoms with Gasteiger partial charge < -0.3 is 14.4 Å². The van der Waals surface area contributed by atoms with Crippen molar-refractivity contribution in [3.63, 3.8) is 0 Å². The molecule has 8 nitrogen and oxygen atoms in total. The minimum Gasteiger partial charge on any atom is -0.489 e. The number of benzene rings is 1. The van der Waals surface area contributed by atoms with Gasteiger partial charge in [0.2, 0.25) is 5.91 Å². The highest BCUT2D eigenvalue weighted by atomic mass is 16.5. The number of hydrogen-bond acceptors (Lipinski definition) is 7. The Morgan fingerprint density at radius 1 is 1.21 bits per heavy atom. The molecule has 4 rings (SSSR count). The van der Waals surface area contributed by atoms with Crippen LogP contribution in [0.5, 0.6) is 5.75 Å². The van der Waals surface area contributed by atoms with Gasteiger partial charge in [-0.05, 0) is 35.9 Å². The molecule has 3 aromatic rings. The highest BCUT2D eigenvalue weighted by Gasteiger charge is 2.17. The summed E-state index contributed by atoms with van der Waals surface area (Å²) in [5.74, 6) is 1.25. The first-order chi connectivity index (χ1) is 16.5. The lowest BCUT2D eigenvalue weighted by Crippen LogP contribution is -2.26. The molecular formula is C26H27N5O3. The summed E-state index contributed by atoms with van der Waals surface area (Å²) in [4.78, 5) is 26.6. The zero-order valence-electron chi connectivity index (χ0n) is 19.4. The average Bonchev–Trinajstić information content (AvgIpc) is 2.86. The van der Waals surface area contributed by atoms with Crippen LogP contribution in [0.4, 0.5) is 0 Å². The van der Waals surface area contributed by atoms with Gasteiger partial charge >= 0.3 is 0 Å². The van der Waals surface area contributed by atoms with Crippen molar-refractivity contribution in [1.82, 2.24) is 19.9 Å². The van der Waals surface area contributed by atoms with Gasteiger partial charge in [-0.25, -0.2) is 9.97 Å². The van der Waals surface area contributed by atoms with Crippen molar-refractivity contribution in [2.45, 2.75) is 38.8 Å². The Labute approximate surface area is 199 Å². The number of rotatable bonds is 7. The zero-order chi connectivity index (χ0) is 23.9. The van der Waals surface area contributed by atoms with Crippen LogP contribution in [0.1, 0.15) is 42.4 Å². The quantitative estimate of drug-likeness (QED) is 0.535. The molecule has 1 aliphatic rings. The largest absolute Gasteiger partial charge is 0.489 e. The Hall–Kier alpha value is -3.83. The second-order valence-corrected chi connectivity index (χ2v) is 8.32. The fraction of sp³-hybridized carbons (Fsp3) is 0.346. The highest BCUT2D eigenvalue weighted by molar-refractivity contribution is 5.72. The third-order valence-electron chi connectivity index (χ3n) is 5.75. The second kappa shape index (κ2) is 10.9. The second-order valence-electron chi connectivity index (χ2n) is 8.32. The predicted octanol–water partition coefficient (Wildman–Crippen LogP) is 3.54. The number of pyridine rings is 1. The molecule has 0 spiro atoms. The third kappa shape index (κ3) is 5.94. The molecule has 34 heavy (non-hydrogen) atoms. The molecule has 0 atom stereocenters. The van der Waals surface area contributed by atoms with Crippen molar-refractivity contribution in [3.05, 3.63) is 71.4 Å². The van der Waals surface area contributed by atoms with Gasteiger partial charge in [0, 0.05) is 51.2 Å². The minimum absolute atomic E-state index is 0.00108. The smallest absolute Gasteiger partial charge is 0.219 e. The summed E-state index contributed by atoms with van der Waals surface area (Å²) in [7, 11) is 1.75. The summed E-state index contributed by atoms with van der Waals surface area (Å²) in [5, 5.41) is 9.66. The number of carbonyl (C=O) groups is 1. The van der Waals surface area contributed by atoms with E-state index in [1.54, 1.807) is 24.3 Å². The number of carbonyl (C=O) groups excluding carboxylic acids is 1. The van der Waals surface area contributed by atoms with Crippen LogP contribution in [0.15, 0.2) is 48.8 Å². The van der Waals surface area contributed by atoms with Crippen LogP contribution in [-0.2, 0) is 22.5 Å². The summed E-state index contributed by atoms with van der Waals surface area (Å²) < 4.78 is 11.4. The van der Waals surface area contributed by atoms with Crippen LogP contribution in [0.2, 0.25) is 0 Å². The van der Waals surface area contributed by atoms with Crippen molar-refractivity contribution in [2.24, 2.45) is 0 Å². The van der Waals surface area contributed by atoms with Crippen molar-refractivity contribution in [3.8, 4) is 23.1 Å². The summed E-state index contributed by atoms with van der Waals surface area (Å²) in [6.07, 6.45) is 5.76. The molecule has 1 saturated heterocycles. The average molecular weight is 458 g/mol. The van der Waals surface area contributed by atoms with E-state index in [0.29, 0.717) is 43.3 Å². The number of aromatic nitrogens is 3. The molecule has 1 amide bonds. The van der Waals surface area contributed by atoms with Crippen LogP contribution in [-0.4, -0.2) is 52.1 Å². The van der Waals surface area contributed by atoms with E-state index in [1.165, 1.54) is 6.92 Å². The van der Waals surface area contributed by atoms with Crippen molar-refractivity contribution < 1.29 is 14.3 Å². The van der Waals surface area contributed by atoms with Crippen molar-refractivity contribution in [1.29, 1.82) is 5.26 Å². The zero-order valence-corrected chi connectivity index (χ0v) is 19.4. The Morgan fingerprint density at radius 2 is 2.03 bits per heavy atom. The van der Waals surface area contributed by atoms with Crippen LogP contribution in [0.3, 0.4) is 0 Å². The SMILES string of the molecule is CC(=O)N(C)Cc1ccc(Cc2nccc(-c3ccc(OC4CCOCC4)c(C#N)c3)n2)cn1.